The topological polar surface area (TPSA) is 124 Å². The number of carbonyl (C=O) groups is 2. The van der Waals surface area contributed by atoms with Gasteiger partial charge in [-0.2, -0.15) is 0 Å². The van der Waals surface area contributed by atoms with Crippen LogP contribution in [0.4, 0.5) is 0 Å². The second-order valence-corrected chi connectivity index (χ2v) is 13.8. The highest BCUT2D eigenvalue weighted by atomic mass is 16.5. The van der Waals surface area contributed by atoms with E-state index in [4.69, 9.17) is 4.74 Å². The first kappa shape index (κ1) is 33.0. The number of aromatic nitrogens is 3. The van der Waals surface area contributed by atoms with Gasteiger partial charge in [-0.3, -0.25) is 19.5 Å². The number of nitrogens with one attached hydrogen (secondary N) is 1. The molecule has 2 aromatic carbocycles. The molecular weight excluding hydrogens is 596 g/mol. The standard InChI is InChI=1S/C36H48N6O5/c1-25-21-27(22-26(2)32(25)44)23-29(34(45)40-15-17-41(18-16-40)36(3)11-19-47-20-12-36)24-31(43)39-13-9-30(10-14-39)42-35(46)37-33(38-42)28-7-5-4-6-8-28/h4-8,21-22,29-30,44H,9-20,23-24H2,1-3H3,(H,37,38,46)/t29-/m0/s1. The number of carbonyl (C=O) groups excluding carboxylic acids is 2. The molecule has 1 atom stereocenters. The molecule has 0 bridgehead atoms. The van der Waals surface area contributed by atoms with Crippen molar-refractivity contribution in [3.05, 3.63) is 69.6 Å². The molecule has 3 aliphatic heterocycles. The fourth-order valence-electron chi connectivity index (χ4n) is 7.56. The highest BCUT2D eigenvalue weighted by Gasteiger charge is 2.38. The Morgan fingerprint density at radius 1 is 0.979 bits per heavy atom. The monoisotopic (exact) mass is 644 g/mol. The second-order valence-electron chi connectivity index (χ2n) is 13.8. The molecule has 0 saturated carbocycles. The maximum atomic E-state index is 14.1. The Balaban J connectivity index is 1.11. The molecule has 0 unspecified atom stereocenters. The van der Waals surface area contributed by atoms with Crippen molar-refractivity contribution < 1.29 is 19.4 Å². The summed E-state index contributed by atoms with van der Waals surface area (Å²) in [5, 5.41) is 14.9. The minimum atomic E-state index is -0.504. The zero-order valence-corrected chi connectivity index (χ0v) is 27.9. The van der Waals surface area contributed by atoms with Crippen molar-refractivity contribution in [3.8, 4) is 17.1 Å². The van der Waals surface area contributed by atoms with Crippen LogP contribution in [-0.2, 0) is 20.7 Å². The molecule has 6 rings (SSSR count). The predicted octanol–water partition coefficient (Wildman–Crippen LogP) is 3.69. The molecule has 4 heterocycles. The fraction of sp³-hybridized carbons (Fsp3) is 0.556. The van der Waals surface area contributed by atoms with Gasteiger partial charge in [0, 0.05) is 70.0 Å². The molecule has 252 valence electrons. The minimum absolute atomic E-state index is 0.0184. The number of phenols is 1. The van der Waals surface area contributed by atoms with Crippen LogP contribution in [0.25, 0.3) is 11.4 Å². The molecule has 3 aliphatic rings. The number of piperidine rings is 1. The van der Waals surface area contributed by atoms with Crippen LogP contribution in [0.3, 0.4) is 0 Å². The zero-order chi connectivity index (χ0) is 33.1. The number of nitrogens with zero attached hydrogens (tertiary/aromatic N) is 5. The van der Waals surface area contributed by atoms with Crippen LogP contribution in [0.2, 0.25) is 0 Å². The van der Waals surface area contributed by atoms with Crippen LogP contribution < -0.4 is 5.69 Å². The van der Waals surface area contributed by atoms with Crippen molar-refractivity contribution in [2.75, 3.05) is 52.5 Å². The van der Waals surface area contributed by atoms with Gasteiger partial charge in [0.15, 0.2) is 5.82 Å². The van der Waals surface area contributed by atoms with Gasteiger partial charge in [-0.25, -0.2) is 9.48 Å². The third-order valence-electron chi connectivity index (χ3n) is 10.6. The van der Waals surface area contributed by atoms with E-state index in [0.29, 0.717) is 51.3 Å². The van der Waals surface area contributed by atoms with E-state index in [0.717, 1.165) is 61.4 Å². The van der Waals surface area contributed by atoms with E-state index >= 15 is 0 Å². The molecular formula is C36H48N6O5. The molecule has 2 N–H and O–H groups in total. The van der Waals surface area contributed by atoms with Crippen molar-refractivity contribution in [3.63, 3.8) is 0 Å². The molecule has 47 heavy (non-hydrogen) atoms. The Labute approximate surface area is 276 Å². The van der Waals surface area contributed by atoms with Gasteiger partial charge in [0.25, 0.3) is 0 Å². The number of phenolic OH excluding ortho intramolecular Hbond substituents is 1. The summed E-state index contributed by atoms with van der Waals surface area (Å²) in [6.07, 6.45) is 3.78. The number of aromatic hydroxyl groups is 1. The second kappa shape index (κ2) is 14.0. The summed E-state index contributed by atoms with van der Waals surface area (Å²) in [4.78, 5) is 49.8. The Bertz CT molecular complexity index is 1590. The number of aryl methyl sites for hydroxylation is 2. The summed E-state index contributed by atoms with van der Waals surface area (Å²) < 4.78 is 7.12. The van der Waals surface area contributed by atoms with Crippen molar-refractivity contribution in [2.45, 2.75) is 70.9 Å². The molecule has 3 aromatic rings. The van der Waals surface area contributed by atoms with E-state index in [-0.39, 0.29) is 41.3 Å². The lowest BCUT2D eigenvalue weighted by molar-refractivity contribution is -0.144. The van der Waals surface area contributed by atoms with Gasteiger partial charge in [-0.1, -0.05) is 42.5 Å². The maximum absolute atomic E-state index is 14.1. The summed E-state index contributed by atoms with van der Waals surface area (Å²) in [5.74, 6) is 0.279. The number of rotatable bonds is 8. The molecule has 3 fully saturated rings. The van der Waals surface area contributed by atoms with Crippen molar-refractivity contribution >= 4 is 11.8 Å². The average Bonchev–Trinajstić information content (AvgIpc) is 3.48. The third kappa shape index (κ3) is 7.31. The molecule has 0 aliphatic carbocycles. The van der Waals surface area contributed by atoms with Crippen molar-refractivity contribution in [1.82, 2.24) is 29.5 Å². The lowest BCUT2D eigenvalue weighted by atomic mass is 9.89. The van der Waals surface area contributed by atoms with Gasteiger partial charge in [-0.15, -0.1) is 5.10 Å². The fourth-order valence-corrected chi connectivity index (χ4v) is 7.56. The van der Waals surface area contributed by atoms with Crippen LogP contribution in [0.15, 0.2) is 47.3 Å². The number of aromatic amines is 1. The molecule has 0 radical (unpaired) electrons. The third-order valence-corrected chi connectivity index (χ3v) is 10.6. The van der Waals surface area contributed by atoms with Gasteiger partial charge >= 0.3 is 5.69 Å². The number of benzene rings is 2. The lowest BCUT2D eigenvalue weighted by Gasteiger charge is -2.48. The van der Waals surface area contributed by atoms with Crippen LogP contribution in [0, 0.1) is 19.8 Å². The largest absolute Gasteiger partial charge is 0.507 e. The van der Waals surface area contributed by atoms with E-state index < -0.39 is 5.92 Å². The molecule has 1 aromatic heterocycles. The Kier molecular flexibility index (Phi) is 9.84. The number of likely N-dealkylation sites (tertiary alicyclic amines) is 1. The van der Waals surface area contributed by atoms with Gasteiger partial charge in [0.2, 0.25) is 11.8 Å². The molecule has 3 saturated heterocycles. The summed E-state index contributed by atoms with van der Waals surface area (Å²) in [6, 6.07) is 13.3. The van der Waals surface area contributed by atoms with Crippen LogP contribution >= 0.6 is 0 Å². The van der Waals surface area contributed by atoms with Crippen molar-refractivity contribution in [1.29, 1.82) is 0 Å². The van der Waals surface area contributed by atoms with Crippen LogP contribution in [-0.4, -0.2) is 104 Å². The first-order chi connectivity index (χ1) is 22.6. The molecule has 0 spiro atoms. The normalized spacial score (nSPS) is 19.9. The molecule has 11 heteroatoms. The van der Waals surface area contributed by atoms with Crippen LogP contribution in [0.1, 0.15) is 61.8 Å². The summed E-state index contributed by atoms with van der Waals surface area (Å²) in [7, 11) is 0. The highest BCUT2D eigenvalue weighted by Crippen LogP contribution is 2.30. The summed E-state index contributed by atoms with van der Waals surface area (Å²) >= 11 is 0. The van der Waals surface area contributed by atoms with E-state index in [1.165, 1.54) is 4.68 Å². The van der Waals surface area contributed by atoms with Crippen LogP contribution in [0.5, 0.6) is 5.75 Å². The quantitative estimate of drug-likeness (QED) is 0.384. The predicted molar refractivity (Wildman–Crippen MR) is 179 cm³/mol. The minimum Gasteiger partial charge on any atom is -0.507 e. The van der Waals surface area contributed by atoms with Gasteiger partial charge in [0.1, 0.15) is 5.75 Å². The molecule has 2 amide bonds. The van der Waals surface area contributed by atoms with Gasteiger partial charge < -0.3 is 19.6 Å². The first-order valence-electron chi connectivity index (χ1n) is 17.0. The van der Waals surface area contributed by atoms with E-state index in [9.17, 15) is 19.5 Å². The van der Waals surface area contributed by atoms with Crippen molar-refractivity contribution in [2.24, 2.45) is 5.92 Å². The molecule has 11 nitrogen and oxygen atoms in total. The Hall–Kier alpha value is -3.96. The number of amides is 2. The number of hydrogen-bond acceptors (Lipinski definition) is 7. The smallest absolute Gasteiger partial charge is 0.343 e. The average molecular weight is 645 g/mol. The van der Waals surface area contributed by atoms with Gasteiger partial charge in [-0.05, 0) is 69.6 Å². The number of hydrogen-bond donors (Lipinski definition) is 2. The lowest BCUT2D eigenvalue weighted by Crippen LogP contribution is -2.59. The van der Waals surface area contributed by atoms with Gasteiger partial charge in [0.05, 0.1) is 12.0 Å². The highest BCUT2D eigenvalue weighted by molar-refractivity contribution is 5.86. The van der Waals surface area contributed by atoms with E-state index in [1.807, 2.05) is 66.1 Å². The summed E-state index contributed by atoms with van der Waals surface area (Å²) in [6.45, 7) is 11.5. The number of ether oxygens (including phenoxy) is 1. The maximum Gasteiger partial charge on any atom is 0.343 e. The zero-order valence-electron chi connectivity index (χ0n) is 27.9. The SMILES string of the molecule is Cc1cc(C[C@@H](CC(=O)N2CCC(n3nc(-c4ccccc4)[nH]c3=O)CC2)C(=O)N2CCN(C3(C)CCOCC3)CC2)cc(C)c1O. The summed E-state index contributed by atoms with van der Waals surface area (Å²) in [5.41, 5.74) is 3.18. The van der Waals surface area contributed by atoms with E-state index in [2.05, 4.69) is 21.9 Å². The van der Waals surface area contributed by atoms with E-state index in [1.54, 1.807) is 0 Å². The first-order valence-corrected chi connectivity index (χ1v) is 17.0. The Morgan fingerprint density at radius 2 is 1.62 bits per heavy atom. The Morgan fingerprint density at radius 3 is 2.26 bits per heavy atom. The number of piperazine rings is 1. The number of H-pyrrole nitrogens is 1.